The molecule has 0 nitrogen and oxygen atoms in total. The summed E-state index contributed by atoms with van der Waals surface area (Å²) >= 11 is -0.454. The van der Waals surface area contributed by atoms with Gasteiger partial charge in [-0.05, 0) is 22.6 Å². The van der Waals surface area contributed by atoms with Crippen molar-refractivity contribution in [2.24, 2.45) is 0 Å². The van der Waals surface area contributed by atoms with Gasteiger partial charge in [-0.3, -0.25) is 0 Å². The van der Waals surface area contributed by atoms with Gasteiger partial charge >= 0.3 is 25.6 Å². The van der Waals surface area contributed by atoms with E-state index in [0.717, 1.165) is 0 Å². The summed E-state index contributed by atoms with van der Waals surface area (Å²) in [5.74, 6) is -19.1. The van der Waals surface area contributed by atoms with Crippen LogP contribution in [0.5, 0.6) is 0 Å². The largest absolute Gasteiger partial charge is 0.387 e. The van der Waals surface area contributed by atoms with Gasteiger partial charge < -0.3 is 0 Å². The minimum Gasteiger partial charge on any atom is -0.199 e. The lowest BCUT2D eigenvalue weighted by atomic mass is 10.0. The molecule has 0 spiro atoms. The van der Waals surface area contributed by atoms with E-state index in [0.29, 0.717) is 0 Å². The van der Waals surface area contributed by atoms with Gasteiger partial charge in [-0.1, -0.05) is 0 Å². The van der Waals surface area contributed by atoms with Gasteiger partial charge in [0.1, 0.15) is 0 Å². The van der Waals surface area contributed by atoms with Crippen LogP contribution in [0.1, 0.15) is 6.42 Å². The van der Waals surface area contributed by atoms with E-state index >= 15 is 0 Å². The molecule has 0 bridgehead atoms. The Hall–Kier alpha value is 0.760. The average Bonchev–Trinajstić information content (AvgIpc) is 1.95. The van der Waals surface area contributed by atoms with Crippen LogP contribution in [0.4, 0.5) is 43.9 Å². The first-order chi connectivity index (χ1) is 7.46. The Morgan fingerprint density at radius 2 is 0.944 bits per heavy atom. The molecule has 0 heterocycles. The standard InChI is InChI=1S/C6H2F10I2/c7-2(8,1-3(9,10)17)4(11,12)5(13,14)6(15,16)18/h1H2. The molecule has 0 N–H and O–H groups in total. The molecular formula is C6H2F10I2. The zero-order chi connectivity index (χ0) is 15.2. The van der Waals surface area contributed by atoms with Crippen LogP contribution in [0.15, 0.2) is 0 Å². The first kappa shape index (κ1) is 18.8. The van der Waals surface area contributed by atoms with E-state index in [9.17, 15) is 43.9 Å². The van der Waals surface area contributed by atoms with Crippen LogP contribution in [0, 0.1) is 0 Å². The molecule has 0 aromatic carbocycles. The maximum absolute atomic E-state index is 12.7. The predicted molar refractivity (Wildman–Crippen MR) is 57.4 cm³/mol. The van der Waals surface area contributed by atoms with Crippen molar-refractivity contribution in [3.05, 3.63) is 0 Å². The van der Waals surface area contributed by atoms with Crippen LogP contribution in [0.2, 0.25) is 0 Å². The topological polar surface area (TPSA) is 0 Å². The fourth-order valence-corrected chi connectivity index (χ4v) is 1.59. The molecule has 0 radical (unpaired) electrons. The van der Waals surface area contributed by atoms with Gasteiger partial charge in [-0.2, -0.15) is 43.9 Å². The van der Waals surface area contributed by atoms with Crippen molar-refractivity contribution in [1.82, 2.24) is 0 Å². The van der Waals surface area contributed by atoms with Crippen molar-refractivity contribution in [3.8, 4) is 0 Å². The molecule has 0 aromatic heterocycles. The molecule has 110 valence electrons. The summed E-state index contributed by atoms with van der Waals surface area (Å²) < 4.78 is 115. The Morgan fingerprint density at radius 3 is 1.17 bits per heavy atom. The summed E-state index contributed by atoms with van der Waals surface area (Å²) in [5, 5.41) is 0. The van der Waals surface area contributed by atoms with Crippen LogP contribution in [-0.4, -0.2) is 25.6 Å². The second-order valence-corrected chi connectivity index (χ2v) is 6.08. The van der Waals surface area contributed by atoms with Crippen molar-refractivity contribution < 1.29 is 43.9 Å². The molecule has 0 atom stereocenters. The van der Waals surface area contributed by atoms with Crippen molar-refractivity contribution >= 4 is 45.2 Å². The van der Waals surface area contributed by atoms with Gasteiger partial charge in [0, 0.05) is 22.6 Å². The zero-order valence-electron chi connectivity index (χ0n) is 7.74. The Kier molecular flexibility index (Phi) is 5.15. The average molecular weight is 518 g/mol. The number of hydrogen-bond acceptors (Lipinski definition) is 0. The second kappa shape index (κ2) is 4.95. The number of rotatable bonds is 5. The molecule has 0 aliphatic rings. The first-order valence-electron chi connectivity index (χ1n) is 3.72. The fourth-order valence-electron chi connectivity index (χ4n) is 0.770. The third-order valence-electron chi connectivity index (χ3n) is 1.63. The number of halogens is 12. The van der Waals surface area contributed by atoms with E-state index < -0.39 is 54.6 Å². The second-order valence-electron chi connectivity index (χ2n) is 3.14. The molecule has 0 saturated carbocycles. The molecule has 0 unspecified atom stereocenters. The third kappa shape index (κ3) is 3.65. The van der Waals surface area contributed by atoms with Crippen molar-refractivity contribution in [3.63, 3.8) is 0 Å². The Morgan fingerprint density at radius 1 is 0.611 bits per heavy atom. The monoisotopic (exact) mass is 518 g/mol. The van der Waals surface area contributed by atoms with Crippen LogP contribution >= 0.6 is 45.2 Å². The smallest absolute Gasteiger partial charge is 0.199 e. The molecular weight excluding hydrogens is 516 g/mol. The van der Waals surface area contributed by atoms with E-state index in [1.54, 1.807) is 0 Å². The van der Waals surface area contributed by atoms with Gasteiger partial charge in [0.05, 0.1) is 6.42 Å². The quantitative estimate of drug-likeness (QED) is 0.262. The zero-order valence-corrected chi connectivity index (χ0v) is 12.1. The third-order valence-corrected chi connectivity index (χ3v) is 2.69. The Labute approximate surface area is 121 Å². The molecule has 0 saturated heterocycles. The lowest BCUT2D eigenvalue weighted by Gasteiger charge is -2.35. The molecule has 0 aromatic rings. The maximum atomic E-state index is 12.7. The lowest BCUT2D eigenvalue weighted by Crippen LogP contribution is -2.61. The normalized spacial score (nSPS) is 16.0. The highest BCUT2D eigenvalue weighted by molar-refractivity contribution is 14.1. The summed E-state index contributed by atoms with van der Waals surface area (Å²) in [6, 6.07) is 0. The van der Waals surface area contributed by atoms with E-state index in [2.05, 4.69) is 0 Å². The fraction of sp³-hybridized carbons (Fsp3) is 1.00. The minimum absolute atomic E-state index is 0.0100. The summed E-state index contributed by atoms with van der Waals surface area (Å²) in [7, 11) is 0. The molecule has 12 heteroatoms. The van der Waals surface area contributed by atoms with Crippen molar-refractivity contribution in [2.45, 2.75) is 32.0 Å². The van der Waals surface area contributed by atoms with Crippen LogP contribution in [-0.2, 0) is 0 Å². The molecule has 18 heavy (non-hydrogen) atoms. The summed E-state index contributed by atoms with van der Waals surface area (Å²) in [6.45, 7) is 0. The first-order valence-corrected chi connectivity index (χ1v) is 5.88. The predicted octanol–water partition coefficient (Wildman–Crippen LogP) is 5.34. The molecule has 0 aliphatic carbocycles. The van der Waals surface area contributed by atoms with Gasteiger partial charge in [0.2, 0.25) is 0 Å². The number of hydrogen-bond donors (Lipinski definition) is 0. The Balaban J connectivity index is 5.50. The molecule has 0 rings (SSSR count). The molecule has 0 fully saturated rings. The van der Waals surface area contributed by atoms with E-state index in [-0.39, 0.29) is 22.6 Å². The van der Waals surface area contributed by atoms with Crippen LogP contribution < -0.4 is 0 Å². The highest BCUT2D eigenvalue weighted by Crippen LogP contribution is 2.57. The van der Waals surface area contributed by atoms with Gasteiger partial charge in [-0.25, -0.2) is 0 Å². The van der Waals surface area contributed by atoms with Gasteiger partial charge in [0.15, 0.2) is 0 Å². The van der Waals surface area contributed by atoms with Crippen molar-refractivity contribution in [2.75, 3.05) is 0 Å². The molecule has 0 aliphatic heterocycles. The number of alkyl halides is 12. The van der Waals surface area contributed by atoms with E-state index in [4.69, 9.17) is 0 Å². The van der Waals surface area contributed by atoms with Crippen LogP contribution in [0.25, 0.3) is 0 Å². The SMILES string of the molecule is FC(F)(I)CC(F)(F)C(F)(F)C(F)(F)C(F)(F)I. The van der Waals surface area contributed by atoms with Crippen LogP contribution in [0.3, 0.4) is 0 Å². The van der Waals surface area contributed by atoms with E-state index in [1.807, 2.05) is 0 Å². The summed E-state index contributed by atoms with van der Waals surface area (Å²) in [5.41, 5.74) is 0. The molecule has 0 amide bonds. The maximum Gasteiger partial charge on any atom is 0.387 e. The van der Waals surface area contributed by atoms with E-state index in [1.165, 1.54) is 0 Å². The Bertz CT molecular complexity index is 300. The van der Waals surface area contributed by atoms with Gasteiger partial charge in [0.25, 0.3) is 0 Å². The highest BCUT2D eigenvalue weighted by Gasteiger charge is 2.80. The van der Waals surface area contributed by atoms with Crippen molar-refractivity contribution in [1.29, 1.82) is 0 Å². The summed E-state index contributed by atoms with van der Waals surface area (Å²) in [6.07, 6.45) is -2.99. The van der Waals surface area contributed by atoms with Gasteiger partial charge in [-0.15, -0.1) is 0 Å². The highest BCUT2D eigenvalue weighted by atomic mass is 127. The lowest BCUT2D eigenvalue weighted by molar-refractivity contribution is -0.347. The minimum atomic E-state index is -6.63. The summed E-state index contributed by atoms with van der Waals surface area (Å²) in [4.78, 5) is 0.